The molecule has 1 aliphatic heterocycles. The molecule has 0 bridgehead atoms. The predicted octanol–water partition coefficient (Wildman–Crippen LogP) is 4.47. The number of methoxy groups -OCH3 is 2. The normalized spacial score (nSPS) is 14.4. The number of hydrogen-bond donors (Lipinski definition) is 2. The minimum Gasteiger partial charge on any atom is -0.497 e. The fraction of sp³-hybridized carbons (Fsp3) is 0.440. The van der Waals surface area contributed by atoms with Gasteiger partial charge in [0.15, 0.2) is 0 Å². The highest BCUT2D eigenvalue weighted by Gasteiger charge is 2.21. The van der Waals surface area contributed by atoms with Gasteiger partial charge in [-0.2, -0.15) is 0 Å². The SMILES string of the molecule is CCC(C)NC(=O)c1cc(NC(=O)c2ccc(OC)cc2OC)ccc1N1CCCCC1. The van der Waals surface area contributed by atoms with Crippen LogP contribution in [-0.2, 0) is 0 Å². The summed E-state index contributed by atoms with van der Waals surface area (Å²) in [5.74, 6) is 0.580. The summed E-state index contributed by atoms with van der Waals surface area (Å²) >= 11 is 0. The number of piperidine rings is 1. The molecule has 2 aromatic rings. The minimum atomic E-state index is -0.316. The van der Waals surface area contributed by atoms with Gasteiger partial charge in [0.2, 0.25) is 0 Å². The fourth-order valence-electron chi connectivity index (χ4n) is 3.79. The van der Waals surface area contributed by atoms with Gasteiger partial charge in [0, 0.05) is 36.6 Å². The summed E-state index contributed by atoms with van der Waals surface area (Å²) in [6.45, 7) is 5.88. The molecule has 7 heteroatoms. The molecule has 2 aromatic carbocycles. The predicted molar refractivity (Wildman–Crippen MR) is 127 cm³/mol. The lowest BCUT2D eigenvalue weighted by Gasteiger charge is -2.31. The van der Waals surface area contributed by atoms with Gasteiger partial charge in [0.1, 0.15) is 11.5 Å². The monoisotopic (exact) mass is 439 g/mol. The van der Waals surface area contributed by atoms with E-state index in [-0.39, 0.29) is 17.9 Å². The standard InChI is InChI=1S/C25H33N3O4/c1-5-17(2)26-25(30)21-15-18(9-12-22(21)28-13-7-6-8-14-28)27-24(29)20-11-10-19(31-3)16-23(20)32-4/h9-12,15-17H,5-8,13-14H2,1-4H3,(H,26,30)(H,27,29). The fourth-order valence-corrected chi connectivity index (χ4v) is 3.79. The first kappa shape index (κ1) is 23.4. The van der Waals surface area contributed by atoms with Crippen molar-refractivity contribution in [1.82, 2.24) is 5.32 Å². The second-order valence-electron chi connectivity index (χ2n) is 8.08. The number of carbonyl (C=O) groups excluding carboxylic acids is 2. The number of carbonyl (C=O) groups is 2. The van der Waals surface area contributed by atoms with E-state index in [1.54, 1.807) is 31.4 Å². The molecule has 1 heterocycles. The van der Waals surface area contributed by atoms with E-state index in [1.807, 2.05) is 26.0 Å². The molecular weight excluding hydrogens is 406 g/mol. The first-order chi connectivity index (χ1) is 15.5. The third kappa shape index (κ3) is 5.52. The maximum absolute atomic E-state index is 13.1. The topological polar surface area (TPSA) is 79.9 Å². The van der Waals surface area contributed by atoms with E-state index < -0.39 is 0 Å². The van der Waals surface area contributed by atoms with E-state index in [0.717, 1.165) is 38.0 Å². The van der Waals surface area contributed by atoms with E-state index in [1.165, 1.54) is 13.5 Å². The Hall–Kier alpha value is -3.22. The third-order valence-electron chi connectivity index (χ3n) is 5.84. The molecule has 1 saturated heterocycles. The van der Waals surface area contributed by atoms with E-state index in [0.29, 0.717) is 28.3 Å². The van der Waals surface area contributed by atoms with Gasteiger partial charge in [-0.15, -0.1) is 0 Å². The van der Waals surface area contributed by atoms with Crippen molar-refractivity contribution >= 4 is 23.2 Å². The van der Waals surface area contributed by atoms with Crippen LogP contribution in [0.3, 0.4) is 0 Å². The molecule has 172 valence electrons. The van der Waals surface area contributed by atoms with Crippen LogP contribution in [0.1, 0.15) is 60.2 Å². The van der Waals surface area contributed by atoms with Gasteiger partial charge in [0.25, 0.3) is 11.8 Å². The summed E-state index contributed by atoms with van der Waals surface area (Å²) in [7, 11) is 3.07. The summed E-state index contributed by atoms with van der Waals surface area (Å²) in [4.78, 5) is 28.3. The summed E-state index contributed by atoms with van der Waals surface area (Å²) in [6.07, 6.45) is 4.28. The number of hydrogen-bond acceptors (Lipinski definition) is 5. The number of anilines is 2. The molecule has 0 aromatic heterocycles. The molecule has 2 N–H and O–H groups in total. The van der Waals surface area contributed by atoms with Crippen LogP contribution in [0.15, 0.2) is 36.4 Å². The molecular formula is C25H33N3O4. The van der Waals surface area contributed by atoms with Crippen molar-refractivity contribution in [1.29, 1.82) is 0 Å². The molecule has 0 aliphatic carbocycles. The van der Waals surface area contributed by atoms with Gasteiger partial charge >= 0.3 is 0 Å². The zero-order valence-electron chi connectivity index (χ0n) is 19.4. The smallest absolute Gasteiger partial charge is 0.259 e. The number of amides is 2. The third-order valence-corrected chi connectivity index (χ3v) is 5.84. The van der Waals surface area contributed by atoms with Crippen molar-refractivity contribution in [3.63, 3.8) is 0 Å². The van der Waals surface area contributed by atoms with E-state index in [2.05, 4.69) is 15.5 Å². The summed E-state index contributed by atoms with van der Waals surface area (Å²) in [5.41, 5.74) is 2.43. The summed E-state index contributed by atoms with van der Waals surface area (Å²) in [5, 5.41) is 5.96. The number of rotatable bonds is 8. The lowest BCUT2D eigenvalue weighted by Crippen LogP contribution is -2.35. The van der Waals surface area contributed by atoms with E-state index in [4.69, 9.17) is 9.47 Å². The van der Waals surface area contributed by atoms with Crippen molar-refractivity contribution in [2.45, 2.75) is 45.6 Å². The van der Waals surface area contributed by atoms with Crippen LogP contribution >= 0.6 is 0 Å². The molecule has 7 nitrogen and oxygen atoms in total. The Labute approximate surface area is 190 Å². The van der Waals surface area contributed by atoms with Crippen LogP contribution in [-0.4, -0.2) is 45.2 Å². The Morgan fingerprint density at radius 1 is 0.969 bits per heavy atom. The van der Waals surface area contributed by atoms with Crippen molar-refractivity contribution in [2.24, 2.45) is 0 Å². The molecule has 0 spiro atoms. The maximum atomic E-state index is 13.1. The lowest BCUT2D eigenvalue weighted by molar-refractivity contribution is 0.0938. The molecule has 1 unspecified atom stereocenters. The summed E-state index contributed by atoms with van der Waals surface area (Å²) < 4.78 is 10.6. The Morgan fingerprint density at radius 3 is 2.38 bits per heavy atom. The summed E-state index contributed by atoms with van der Waals surface area (Å²) in [6, 6.07) is 10.6. The highest BCUT2D eigenvalue weighted by atomic mass is 16.5. The zero-order chi connectivity index (χ0) is 23.1. The molecule has 0 saturated carbocycles. The quantitative estimate of drug-likeness (QED) is 0.634. The first-order valence-electron chi connectivity index (χ1n) is 11.2. The van der Waals surface area contributed by atoms with Gasteiger partial charge in [0.05, 0.1) is 25.3 Å². The largest absolute Gasteiger partial charge is 0.497 e. The Balaban J connectivity index is 1.89. The first-order valence-corrected chi connectivity index (χ1v) is 11.2. The number of nitrogens with one attached hydrogen (secondary N) is 2. The van der Waals surface area contributed by atoms with Crippen LogP contribution < -0.4 is 25.0 Å². The highest BCUT2D eigenvalue weighted by Crippen LogP contribution is 2.29. The van der Waals surface area contributed by atoms with Crippen molar-refractivity contribution in [3.8, 4) is 11.5 Å². The van der Waals surface area contributed by atoms with Gasteiger partial charge in [-0.25, -0.2) is 0 Å². The molecule has 3 rings (SSSR count). The van der Waals surface area contributed by atoms with Gasteiger partial charge in [-0.1, -0.05) is 6.92 Å². The molecule has 0 radical (unpaired) electrons. The second kappa shape index (κ2) is 10.9. The Kier molecular flexibility index (Phi) is 7.98. The molecule has 1 fully saturated rings. The molecule has 1 atom stereocenters. The van der Waals surface area contributed by atoms with Crippen molar-refractivity contribution in [3.05, 3.63) is 47.5 Å². The van der Waals surface area contributed by atoms with E-state index in [9.17, 15) is 9.59 Å². The van der Waals surface area contributed by atoms with Crippen LogP contribution in [0, 0.1) is 0 Å². The number of ether oxygens (including phenoxy) is 2. The van der Waals surface area contributed by atoms with Crippen molar-refractivity contribution in [2.75, 3.05) is 37.5 Å². The van der Waals surface area contributed by atoms with Gasteiger partial charge in [-0.3, -0.25) is 9.59 Å². The van der Waals surface area contributed by atoms with Gasteiger partial charge in [-0.05, 0) is 62.9 Å². The van der Waals surface area contributed by atoms with Crippen LogP contribution in [0.2, 0.25) is 0 Å². The van der Waals surface area contributed by atoms with Crippen LogP contribution in [0.5, 0.6) is 11.5 Å². The second-order valence-corrected chi connectivity index (χ2v) is 8.08. The van der Waals surface area contributed by atoms with E-state index >= 15 is 0 Å². The van der Waals surface area contributed by atoms with Crippen molar-refractivity contribution < 1.29 is 19.1 Å². The highest BCUT2D eigenvalue weighted by molar-refractivity contribution is 6.08. The lowest BCUT2D eigenvalue weighted by atomic mass is 10.0. The number of nitrogens with zero attached hydrogens (tertiary/aromatic N) is 1. The van der Waals surface area contributed by atoms with Crippen LogP contribution in [0.25, 0.3) is 0 Å². The van der Waals surface area contributed by atoms with Gasteiger partial charge < -0.3 is 25.0 Å². The zero-order valence-corrected chi connectivity index (χ0v) is 19.4. The molecule has 32 heavy (non-hydrogen) atoms. The average Bonchev–Trinajstić information content (AvgIpc) is 2.83. The Morgan fingerprint density at radius 2 is 1.72 bits per heavy atom. The Bertz CT molecular complexity index is 954. The minimum absolute atomic E-state index is 0.0681. The number of benzene rings is 2. The molecule has 1 aliphatic rings. The maximum Gasteiger partial charge on any atom is 0.259 e. The van der Waals surface area contributed by atoms with Crippen LogP contribution in [0.4, 0.5) is 11.4 Å². The average molecular weight is 440 g/mol. The molecule has 2 amide bonds.